The van der Waals surface area contributed by atoms with E-state index in [0.717, 1.165) is 0 Å². The van der Waals surface area contributed by atoms with E-state index in [1.807, 2.05) is 6.92 Å². The molecule has 0 amide bonds. The first-order chi connectivity index (χ1) is 9.54. The van der Waals surface area contributed by atoms with Crippen molar-refractivity contribution in [2.24, 2.45) is 0 Å². The van der Waals surface area contributed by atoms with E-state index in [1.54, 1.807) is 31.2 Å². The zero-order chi connectivity index (χ0) is 14.7. The van der Waals surface area contributed by atoms with E-state index in [-0.39, 0.29) is 5.82 Å². The fraction of sp³-hybridized carbons (Fsp3) is 0.250. The zero-order valence-corrected chi connectivity index (χ0v) is 12.1. The molecule has 0 saturated heterocycles. The Bertz CT molecular complexity index is 593. The molecule has 1 atom stereocenters. The topological polar surface area (TPSA) is 12.0 Å². The van der Waals surface area contributed by atoms with Crippen LogP contribution in [0.2, 0.25) is 5.02 Å². The molecule has 0 aromatic heterocycles. The standard InChI is InChI=1S/C16H16ClF2N/c1-3-20-16(11-8-7-10(2)14(19)9-11)15-12(17)5-4-6-13(15)18/h4-9,16,20H,3H2,1-2H3. The number of nitrogens with one attached hydrogen (secondary N) is 1. The van der Waals surface area contributed by atoms with Crippen LogP contribution in [0.25, 0.3) is 0 Å². The van der Waals surface area contributed by atoms with Crippen molar-refractivity contribution in [1.29, 1.82) is 0 Å². The SMILES string of the molecule is CCNC(c1ccc(C)c(F)c1)c1c(F)cccc1Cl. The van der Waals surface area contributed by atoms with E-state index in [1.165, 1.54) is 12.1 Å². The third-order valence-corrected chi connectivity index (χ3v) is 3.56. The van der Waals surface area contributed by atoms with Crippen LogP contribution in [0.3, 0.4) is 0 Å². The van der Waals surface area contributed by atoms with Gasteiger partial charge in [0.15, 0.2) is 0 Å². The summed E-state index contributed by atoms with van der Waals surface area (Å²) in [4.78, 5) is 0. The molecule has 0 bridgehead atoms. The van der Waals surface area contributed by atoms with Crippen molar-refractivity contribution in [3.63, 3.8) is 0 Å². The van der Waals surface area contributed by atoms with Gasteiger partial charge in [-0.1, -0.05) is 36.7 Å². The summed E-state index contributed by atoms with van der Waals surface area (Å²) in [6, 6.07) is 8.97. The highest BCUT2D eigenvalue weighted by atomic mass is 35.5. The Kier molecular flexibility index (Phi) is 4.73. The molecule has 2 rings (SSSR count). The fourth-order valence-corrected chi connectivity index (χ4v) is 2.44. The second-order valence-corrected chi connectivity index (χ2v) is 5.04. The molecule has 1 nitrogen and oxygen atoms in total. The molecule has 0 aliphatic carbocycles. The van der Waals surface area contributed by atoms with Crippen LogP contribution in [0.1, 0.15) is 29.7 Å². The van der Waals surface area contributed by atoms with Gasteiger partial charge in [0.2, 0.25) is 0 Å². The minimum atomic E-state index is -0.469. The highest BCUT2D eigenvalue weighted by molar-refractivity contribution is 6.31. The van der Waals surface area contributed by atoms with Crippen molar-refractivity contribution in [2.45, 2.75) is 19.9 Å². The summed E-state index contributed by atoms with van der Waals surface area (Å²) in [7, 11) is 0. The van der Waals surface area contributed by atoms with Gasteiger partial charge in [-0.15, -0.1) is 0 Å². The predicted molar refractivity (Wildman–Crippen MR) is 78.1 cm³/mol. The van der Waals surface area contributed by atoms with Gasteiger partial charge in [-0.2, -0.15) is 0 Å². The van der Waals surface area contributed by atoms with Crippen LogP contribution in [0.5, 0.6) is 0 Å². The number of benzene rings is 2. The quantitative estimate of drug-likeness (QED) is 0.867. The smallest absolute Gasteiger partial charge is 0.129 e. The number of hydrogen-bond donors (Lipinski definition) is 1. The number of aryl methyl sites for hydroxylation is 1. The van der Waals surface area contributed by atoms with Gasteiger partial charge in [0, 0.05) is 10.6 Å². The number of hydrogen-bond acceptors (Lipinski definition) is 1. The summed E-state index contributed by atoms with van der Waals surface area (Å²) < 4.78 is 27.8. The molecule has 106 valence electrons. The Hall–Kier alpha value is -1.45. The Morgan fingerprint density at radius 1 is 1.15 bits per heavy atom. The monoisotopic (exact) mass is 295 g/mol. The van der Waals surface area contributed by atoms with Crippen molar-refractivity contribution in [3.8, 4) is 0 Å². The third kappa shape index (κ3) is 3.00. The maximum Gasteiger partial charge on any atom is 0.129 e. The van der Waals surface area contributed by atoms with Crippen LogP contribution >= 0.6 is 11.6 Å². The highest BCUT2D eigenvalue weighted by Crippen LogP contribution is 2.31. The first kappa shape index (κ1) is 14.9. The Morgan fingerprint density at radius 2 is 1.90 bits per heavy atom. The van der Waals surface area contributed by atoms with Gasteiger partial charge in [-0.25, -0.2) is 8.78 Å². The second kappa shape index (κ2) is 6.33. The zero-order valence-electron chi connectivity index (χ0n) is 11.4. The lowest BCUT2D eigenvalue weighted by atomic mass is 9.97. The van der Waals surface area contributed by atoms with Crippen LogP contribution in [-0.2, 0) is 0 Å². The Balaban J connectivity index is 2.53. The summed E-state index contributed by atoms with van der Waals surface area (Å²) in [5, 5.41) is 3.48. The largest absolute Gasteiger partial charge is 0.306 e. The van der Waals surface area contributed by atoms with E-state index >= 15 is 0 Å². The molecule has 0 saturated carbocycles. The van der Waals surface area contributed by atoms with Crippen molar-refractivity contribution < 1.29 is 8.78 Å². The van der Waals surface area contributed by atoms with E-state index < -0.39 is 11.9 Å². The summed E-state index contributed by atoms with van der Waals surface area (Å²) in [6.45, 7) is 4.22. The van der Waals surface area contributed by atoms with Crippen molar-refractivity contribution in [2.75, 3.05) is 6.54 Å². The first-order valence-electron chi connectivity index (χ1n) is 6.48. The van der Waals surface area contributed by atoms with Crippen molar-refractivity contribution in [1.82, 2.24) is 5.32 Å². The van der Waals surface area contributed by atoms with Crippen LogP contribution in [0.15, 0.2) is 36.4 Å². The van der Waals surface area contributed by atoms with Gasteiger partial charge in [-0.05, 0) is 42.8 Å². The van der Waals surface area contributed by atoms with E-state index in [0.29, 0.717) is 28.3 Å². The second-order valence-electron chi connectivity index (χ2n) is 4.63. The molecule has 0 aliphatic rings. The van der Waals surface area contributed by atoms with Gasteiger partial charge in [0.05, 0.1) is 6.04 Å². The van der Waals surface area contributed by atoms with E-state index in [9.17, 15) is 8.78 Å². The Morgan fingerprint density at radius 3 is 2.50 bits per heavy atom. The molecular weight excluding hydrogens is 280 g/mol. The van der Waals surface area contributed by atoms with Crippen molar-refractivity contribution in [3.05, 3.63) is 69.7 Å². The van der Waals surface area contributed by atoms with Crippen LogP contribution < -0.4 is 5.32 Å². The Labute approximate surface area is 122 Å². The van der Waals surface area contributed by atoms with Gasteiger partial charge < -0.3 is 5.32 Å². The fourth-order valence-electron chi connectivity index (χ4n) is 2.17. The molecule has 0 fully saturated rings. The molecular formula is C16H16ClF2N. The van der Waals surface area contributed by atoms with Crippen LogP contribution in [-0.4, -0.2) is 6.54 Å². The lowest BCUT2D eigenvalue weighted by molar-refractivity contribution is 0.554. The molecule has 1 unspecified atom stereocenters. The molecule has 4 heteroatoms. The summed E-state index contributed by atoms with van der Waals surface area (Å²) in [5.74, 6) is -0.706. The normalized spacial score (nSPS) is 12.4. The third-order valence-electron chi connectivity index (χ3n) is 3.23. The maximum atomic E-state index is 14.1. The average molecular weight is 296 g/mol. The highest BCUT2D eigenvalue weighted by Gasteiger charge is 2.20. The van der Waals surface area contributed by atoms with Crippen molar-refractivity contribution >= 4 is 11.6 Å². The summed E-state index contributed by atoms with van der Waals surface area (Å²) in [5.41, 5.74) is 1.56. The summed E-state index contributed by atoms with van der Waals surface area (Å²) >= 11 is 6.11. The number of halogens is 3. The van der Waals surface area contributed by atoms with Gasteiger partial charge >= 0.3 is 0 Å². The molecule has 2 aromatic rings. The maximum absolute atomic E-state index is 14.1. The molecule has 20 heavy (non-hydrogen) atoms. The minimum absolute atomic E-state index is 0.308. The van der Waals surface area contributed by atoms with Gasteiger partial charge in [0.25, 0.3) is 0 Å². The molecule has 0 aliphatic heterocycles. The first-order valence-corrected chi connectivity index (χ1v) is 6.85. The van der Waals surface area contributed by atoms with E-state index in [2.05, 4.69) is 5.32 Å². The molecule has 0 spiro atoms. The lowest BCUT2D eigenvalue weighted by Crippen LogP contribution is -2.23. The minimum Gasteiger partial charge on any atom is -0.306 e. The average Bonchev–Trinajstić information content (AvgIpc) is 2.41. The molecule has 0 radical (unpaired) electrons. The predicted octanol–water partition coefficient (Wildman–Crippen LogP) is 4.63. The van der Waals surface area contributed by atoms with Gasteiger partial charge in [-0.3, -0.25) is 0 Å². The number of rotatable bonds is 4. The van der Waals surface area contributed by atoms with Crippen LogP contribution in [0.4, 0.5) is 8.78 Å². The summed E-state index contributed by atoms with van der Waals surface area (Å²) in [6.07, 6.45) is 0. The molecule has 1 N–H and O–H groups in total. The lowest BCUT2D eigenvalue weighted by Gasteiger charge is -2.21. The van der Waals surface area contributed by atoms with E-state index in [4.69, 9.17) is 11.6 Å². The van der Waals surface area contributed by atoms with Gasteiger partial charge in [0.1, 0.15) is 11.6 Å². The molecule has 2 aromatic carbocycles. The van der Waals surface area contributed by atoms with Crippen LogP contribution in [0, 0.1) is 18.6 Å². The molecule has 0 heterocycles.